The molecule has 1 rings (SSSR count). The van der Waals surface area contributed by atoms with Crippen LogP contribution in [0.4, 0.5) is 0 Å². The quantitative estimate of drug-likeness (QED) is 0.323. The second-order valence-corrected chi connectivity index (χ2v) is 4.79. The van der Waals surface area contributed by atoms with Crippen LogP contribution in [-0.4, -0.2) is 5.78 Å². The fraction of sp³-hybridized carbons (Fsp3) is 0.308. The molecule has 1 nitrogen and oxygen atoms in total. The van der Waals surface area contributed by atoms with Crippen LogP contribution in [-0.2, 0) is 4.43 Å². The minimum Gasteiger partial charge on any atom is -0.289 e. The van der Waals surface area contributed by atoms with Gasteiger partial charge in [-0.3, -0.25) is 4.79 Å². The van der Waals surface area contributed by atoms with Crippen LogP contribution in [0.5, 0.6) is 0 Å². The fourth-order valence-corrected chi connectivity index (χ4v) is 2.55. The van der Waals surface area contributed by atoms with Crippen molar-refractivity contribution in [1.82, 2.24) is 0 Å². The van der Waals surface area contributed by atoms with E-state index in [2.05, 4.69) is 29.2 Å². The van der Waals surface area contributed by atoms with Gasteiger partial charge in [0.05, 0.1) is 0 Å². The van der Waals surface area contributed by atoms with Crippen LogP contribution in [0.25, 0.3) is 0 Å². The van der Waals surface area contributed by atoms with Gasteiger partial charge in [-0.15, -0.1) is 0 Å². The van der Waals surface area contributed by atoms with Gasteiger partial charge in [-0.25, -0.2) is 0 Å². The third-order valence-corrected chi connectivity index (χ3v) is 3.51. The van der Waals surface area contributed by atoms with E-state index < -0.39 is 0 Å². The number of carbonyl (C=O) groups is 1. The van der Waals surface area contributed by atoms with Crippen molar-refractivity contribution in [3.05, 3.63) is 46.5 Å². The molecular weight excluding hydrogens is 334 g/mol. The van der Waals surface area contributed by atoms with E-state index in [-0.39, 0.29) is 5.78 Å². The van der Waals surface area contributed by atoms with Gasteiger partial charge in [-0.1, -0.05) is 66.2 Å². The lowest BCUT2D eigenvalue weighted by molar-refractivity contribution is 0.103. The first kappa shape index (κ1) is 13.7. The Hall–Kier alpha value is -0.350. The molecule has 3 heteroatoms. The Balaban J connectivity index is 2.93. The molecule has 1 aromatic rings. The normalized spacial score (nSPS) is 10.2. The highest BCUT2D eigenvalue weighted by Crippen LogP contribution is 2.22. The van der Waals surface area contributed by atoms with Gasteiger partial charge in [0.1, 0.15) is 0 Å². The second-order valence-electron chi connectivity index (χ2n) is 3.62. The summed E-state index contributed by atoms with van der Waals surface area (Å²) >= 11 is 8.32. The lowest BCUT2D eigenvalue weighted by Crippen LogP contribution is -2.02. The van der Waals surface area contributed by atoms with E-state index in [1.165, 1.54) is 0 Å². The van der Waals surface area contributed by atoms with Gasteiger partial charge >= 0.3 is 0 Å². The molecule has 0 amide bonds. The SMILES string of the molecule is C=C(CCC)C(=O)c1ccc(CI)c(Cl)c1. The highest BCUT2D eigenvalue weighted by Gasteiger charge is 2.11. The number of hydrogen-bond acceptors (Lipinski definition) is 1. The maximum absolute atomic E-state index is 11.9. The highest BCUT2D eigenvalue weighted by molar-refractivity contribution is 14.1. The van der Waals surface area contributed by atoms with Crippen LogP contribution in [0.1, 0.15) is 35.7 Å². The molecule has 16 heavy (non-hydrogen) atoms. The molecular formula is C13H14ClIO. The third kappa shape index (κ3) is 3.32. The fourth-order valence-electron chi connectivity index (χ4n) is 1.42. The first-order chi connectivity index (χ1) is 7.60. The van der Waals surface area contributed by atoms with Gasteiger partial charge in [0.25, 0.3) is 0 Å². The molecule has 86 valence electrons. The Morgan fingerprint density at radius 3 is 2.69 bits per heavy atom. The molecule has 0 saturated carbocycles. The van der Waals surface area contributed by atoms with Crippen molar-refractivity contribution >= 4 is 40.0 Å². The molecule has 0 atom stereocenters. The Morgan fingerprint density at radius 2 is 2.19 bits per heavy atom. The van der Waals surface area contributed by atoms with Gasteiger partial charge in [0.15, 0.2) is 5.78 Å². The molecule has 0 aliphatic heterocycles. The van der Waals surface area contributed by atoms with Crippen molar-refractivity contribution < 1.29 is 4.79 Å². The molecule has 0 aliphatic rings. The highest BCUT2D eigenvalue weighted by atomic mass is 127. The summed E-state index contributed by atoms with van der Waals surface area (Å²) in [6, 6.07) is 5.46. The molecule has 0 aromatic heterocycles. The number of allylic oxidation sites excluding steroid dienone is 1. The van der Waals surface area contributed by atoms with Crippen LogP contribution < -0.4 is 0 Å². The molecule has 0 unspecified atom stereocenters. The number of carbonyl (C=O) groups excluding carboxylic acids is 1. The van der Waals surface area contributed by atoms with Gasteiger partial charge in [-0.2, -0.15) is 0 Å². The summed E-state index contributed by atoms with van der Waals surface area (Å²) in [5.41, 5.74) is 2.35. The van der Waals surface area contributed by atoms with Crippen LogP contribution in [0, 0.1) is 0 Å². The Bertz CT molecular complexity index is 412. The van der Waals surface area contributed by atoms with Gasteiger partial charge in [0, 0.05) is 15.0 Å². The Kier molecular flexibility index (Phi) is 5.49. The van der Waals surface area contributed by atoms with E-state index in [1.807, 2.05) is 19.1 Å². The average Bonchev–Trinajstić information content (AvgIpc) is 2.28. The summed E-state index contributed by atoms with van der Waals surface area (Å²) in [5, 5.41) is 0.657. The van der Waals surface area contributed by atoms with Crippen LogP contribution in [0.15, 0.2) is 30.4 Å². The van der Waals surface area contributed by atoms with Crippen molar-refractivity contribution in [2.45, 2.75) is 24.2 Å². The summed E-state index contributed by atoms with van der Waals surface area (Å²) in [6.45, 7) is 5.83. The van der Waals surface area contributed by atoms with Crippen LogP contribution in [0.3, 0.4) is 0 Å². The predicted octanol–water partition coefficient (Wildman–Crippen LogP) is 4.81. The Morgan fingerprint density at radius 1 is 1.50 bits per heavy atom. The molecule has 0 spiro atoms. The summed E-state index contributed by atoms with van der Waals surface area (Å²) in [7, 11) is 0. The van der Waals surface area contributed by atoms with Crippen LogP contribution >= 0.6 is 34.2 Å². The van der Waals surface area contributed by atoms with E-state index in [0.29, 0.717) is 16.2 Å². The number of hydrogen-bond donors (Lipinski definition) is 0. The Labute approximate surface area is 115 Å². The van der Waals surface area contributed by atoms with E-state index in [0.717, 1.165) is 22.8 Å². The van der Waals surface area contributed by atoms with E-state index >= 15 is 0 Å². The number of alkyl halides is 1. The second kappa shape index (κ2) is 6.40. The topological polar surface area (TPSA) is 17.1 Å². The number of rotatable bonds is 5. The predicted molar refractivity (Wildman–Crippen MR) is 77.6 cm³/mol. The van der Waals surface area contributed by atoms with Gasteiger partial charge in [0.2, 0.25) is 0 Å². The zero-order valence-corrected chi connectivity index (χ0v) is 12.1. The molecule has 0 N–H and O–H groups in total. The molecule has 0 bridgehead atoms. The maximum Gasteiger partial charge on any atom is 0.188 e. The zero-order chi connectivity index (χ0) is 12.1. The largest absolute Gasteiger partial charge is 0.289 e. The van der Waals surface area contributed by atoms with Crippen molar-refractivity contribution in [3.63, 3.8) is 0 Å². The van der Waals surface area contributed by atoms with Gasteiger partial charge < -0.3 is 0 Å². The summed E-state index contributed by atoms with van der Waals surface area (Å²) in [6.07, 6.45) is 1.68. The minimum absolute atomic E-state index is 0.00348. The summed E-state index contributed by atoms with van der Waals surface area (Å²) in [5.74, 6) is 0.00348. The van der Waals surface area contributed by atoms with Crippen LogP contribution in [0.2, 0.25) is 5.02 Å². The lowest BCUT2D eigenvalue weighted by Gasteiger charge is -2.06. The first-order valence-corrected chi connectivity index (χ1v) is 7.07. The summed E-state index contributed by atoms with van der Waals surface area (Å²) in [4.78, 5) is 11.9. The molecule has 1 aromatic carbocycles. The first-order valence-electron chi connectivity index (χ1n) is 5.17. The minimum atomic E-state index is 0.00348. The number of benzene rings is 1. The van der Waals surface area contributed by atoms with Crippen molar-refractivity contribution in [2.75, 3.05) is 0 Å². The standard InChI is InChI=1S/C13H14ClIO/c1-3-4-9(2)13(16)10-5-6-11(8-15)12(14)7-10/h5-7H,2-4,8H2,1H3. The molecule has 0 heterocycles. The zero-order valence-electron chi connectivity index (χ0n) is 9.22. The van der Waals surface area contributed by atoms with E-state index in [4.69, 9.17) is 11.6 Å². The third-order valence-electron chi connectivity index (χ3n) is 2.33. The van der Waals surface area contributed by atoms with E-state index in [9.17, 15) is 4.79 Å². The smallest absolute Gasteiger partial charge is 0.188 e. The monoisotopic (exact) mass is 348 g/mol. The van der Waals surface area contributed by atoms with Crippen molar-refractivity contribution in [2.24, 2.45) is 0 Å². The number of halogens is 2. The maximum atomic E-state index is 11.9. The molecule has 0 fully saturated rings. The molecule has 0 aliphatic carbocycles. The average molecular weight is 349 g/mol. The molecule has 0 radical (unpaired) electrons. The molecule has 0 saturated heterocycles. The number of Topliss-reactive ketones (excluding diaryl/α,β-unsaturated/α-hetero) is 1. The summed E-state index contributed by atoms with van der Waals surface area (Å²) < 4.78 is 0.848. The number of ketones is 1. The van der Waals surface area contributed by atoms with Gasteiger partial charge in [-0.05, 0) is 23.6 Å². The van der Waals surface area contributed by atoms with E-state index in [1.54, 1.807) is 6.07 Å². The van der Waals surface area contributed by atoms with Crippen molar-refractivity contribution in [3.8, 4) is 0 Å². The van der Waals surface area contributed by atoms with Crippen molar-refractivity contribution in [1.29, 1.82) is 0 Å². The lowest BCUT2D eigenvalue weighted by atomic mass is 10.0.